The summed E-state index contributed by atoms with van der Waals surface area (Å²) in [6.07, 6.45) is 16.8. The summed E-state index contributed by atoms with van der Waals surface area (Å²) < 4.78 is 6.35. The molecule has 0 saturated carbocycles. The maximum Gasteiger partial charge on any atom is 0.224 e. The summed E-state index contributed by atoms with van der Waals surface area (Å²) in [5.41, 5.74) is 13.4. The first-order valence-corrected chi connectivity index (χ1v) is 44.1. The number of H-pyrrole nitrogens is 2. The minimum atomic E-state index is -1.68. The third-order valence-corrected chi connectivity index (χ3v) is 49.9. The van der Waals surface area contributed by atoms with Crippen LogP contribution in [0.25, 0.3) is 21.8 Å². The number of hydrogen-bond donors (Lipinski definition) is 5. The van der Waals surface area contributed by atoms with Gasteiger partial charge in [0, 0.05) is 76.7 Å². The zero-order valence-electron chi connectivity index (χ0n) is 56.8. The van der Waals surface area contributed by atoms with E-state index in [1.54, 1.807) is 7.11 Å². The van der Waals surface area contributed by atoms with Gasteiger partial charge in [0.2, 0.25) is 5.91 Å². The van der Waals surface area contributed by atoms with Crippen LogP contribution >= 0.6 is 43.1 Å². The van der Waals surface area contributed by atoms with Crippen molar-refractivity contribution in [2.75, 3.05) is 20.2 Å². The standard InChI is InChI=1S/C35H32N4O.C35H32N4S.C14H14O2P2S4.CH4.FH/c2*40-34(23-27-24-37-33-21-11-10-20-32(27)33)36-22-12-19-31-25-39(26-38-31)35(28-13-4-1-5-14-28,29-15-6-2-7-16-29)30-17-8-3-9-18-30;1-16-12-4-8-14(9-5-12)18(20)21-17(19,22-18)13-6-2-11(10-15)3-7-13;;/h2*1-11,13-18,20-21,24-26,37H,12,19,22-23H2,(H,36,40);2-9,15H,10H2,1H3;1H4;1H. The number of aromatic amines is 2. The summed E-state index contributed by atoms with van der Waals surface area (Å²) in [7, 11) is 1.66. The van der Waals surface area contributed by atoms with Gasteiger partial charge in [-0.3, -0.25) is 9.50 Å². The zero-order valence-corrected chi connectivity index (χ0v) is 62.7. The molecular formula is C85H83FN8O3P2S5. The number of fused-ring (bicyclic) bond motifs is 2. The van der Waals surface area contributed by atoms with E-state index < -0.39 is 20.0 Å². The zero-order chi connectivity index (χ0) is 70.2. The predicted octanol–water partition coefficient (Wildman–Crippen LogP) is 18.8. The van der Waals surface area contributed by atoms with Crippen LogP contribution in [0.2, 0.25) is 0 Å². The minimum Gasteiger partial charge on any atom is -0.497 e. The second-order valence-corrected chi connectivity index (χ2v) is 46.6. The average Bonchev–Trinajstić information content (AvgIpc) is 1.25. The van der Waals surface area contributed by atoms with E-state index in [1.807, 2.05) is 108 Å². The van der Waals surface area contributed by atoms with Gasteiger partial charge in [0.05, 0.1) is 58.1 Å². The molecule has 0 aliphatic carbocycles. The summed E-state index contributed by atoms with van der Waals surface area (Å²) in [6, 6.07) is 96.3. The second kappa shape index (κ2) is 35.5. The molecule has 0 atom stereocenters. The highest BCUT2D eigenvalue weighted by Gasteiger charge is 2.46. The molecule has 19 heteroatoms. The van der Waals surface area contributed by atoms with Crippen molar-refractivity contribution < 1.29 is 19.3 Å². The molecule has 104 heavy (non-hydrogen) atoms. The SMILES string of the molecule is C.COc1ccc(P2(=S)SP(=S)(c3ccc(CO)cc3)S2)cc1.F.O=C(Cc1c[nH]c2ccccc12)NCCCc1cn(C(c2ccccc2)(c2ccccc2)c2ccccc2)cn1.S=C(Cc1c[nH]c2ccccc12)NCCCc1cn(C(c2ccccc2)(c2ccccc2)c2ccccc2)cn1. The van der Waals surface area contributed by atoms with E-state index in [2.05, 4.69) is 261 Å². The van der Waals surface area contributed by atoms with Gasteiger partial charge in [0.1, 0.15) is 16.8 Å². The Bertz CT molecular complexity index is 4640. The van der Waals surface area contributed by atoms with Crippen LogP contribution in [-0.2, 0) is 71.8 Å². The molecule has 15 rings (SSSR count). The number of thiocarbonyl (C=S) groups is 1. The third-order valence-electron chi connectivity index (χ3n) is 18.4. The molecule has 1 saturated heterocycles. The Balaban J connectivity index is 0.000000161. The number of amides is 1. The Kier molecular flexibility index (Phi) is 25.9. The fourth-order valence-electron chi connectivity index (χ4n) is 13.4. The van der Waals surface area contributed by atoms with Crippen LogP contribution < -0.4 is 26.0 Å². The maximum atomic E-state index is 12.6. The maximum absolute atomic E-state index is 12.6. The van der Waals surface area contributed by atoms with E-state index in [-0.39, 0.29) is 24.6 Å². The highest BCUT2D eigenvalue weighted by molar-refractivity contribution is 9.48. The molecule has 5 heterocycles. The average molecular weight is 1510 g/mol. The first-order chi connectivity index (χ1) is 50.0. The first kappa shape index (κ1) is 75.9. The van der Waals surface area contributed by atoms with Crippen molar-refractivity contribution in [3.8, 4) is 5.75 Å². The van der Waals surface area contributed by atoms with Gasteiger partial charge >= 0.3 is 0 Å². The molecule has 11 nitrogen and oxygen atoms in total. The molecule has 1 aliphatic heterocycles. The smallest absolute Gasteiger partial charge is 0.224 e. The molecule has 4 aromatic heterocycles. The fourth-order valence-corrected chi connectivity index (χ4v) is 55.9. The topological polar surface area (TPSA) is 138 Å². The summed E-state index contributed by atoms with van der Waals surface area (Å²) in [6.45, 7) is 1.48. The highest BCUT2D eigenvalue weighted by atomic mass is 33.7. The molecule has 0 radical (unpaired) electrons. The van der Waals surface area contributed by atoms with Crippen molar-refractivity contribution in [2.24, 2.45) is 0 Å². The van der Waals surface area contributed by atoms with Gasteiger partial charge in [0.15, 0.2) is 0 Å². The van der Waals surface area contributed by atoms with Gasteiger partial charge in [-0.05, 0) is 112 Å². The van der Waals surface area contributed by atoms with Crippen LogP contribution in [0.15, 0.2) is 316 Å². The molecule has 528 valence electrons. The van der Waals surface area contributed by atoms with Crippen molar-refractivity contribution in [1.82, 2.24) is 39.7 Å². The van der Waals surface area contributed by atoms with Crippen molar-refractivity contribution >= 4 is 110 Å². The number of rotatable bonds is 24. The van der Waals surface area contributed by atoms with Gasteiger partial charge < -0.3 is 39.6 Å². The minimum absolute atomic E-state index is 0. The molecule has 1 fully saturated rings. The second-order valence-electron chi connectivity index (χ2n) is 24.8. The van der Waals surface area contributed by atoms with Crippen LogP contribution in [-0.4, -0.2) is 65.3 Å². The number of benzene rings is 10. The lowest BCUT2D eigenvalue weighted by Crippen LogP contribution is -2.36. The lowest BCUT2D eigenvalue weighted by atomic mass is 9.77. The van der Waals surface area contributed by atoms with E-state index in [1.165, 1.54) is 54.9 Å². The number of aromatic nitrogens is 6. The van der Waals surface area contributed by atoms with Crippen LogP contribution in [0.5, 0.6) is 5.75 Å². The van der Waals surface area contributed by atoms with Crippen LogP contribution in [0.1, 0.15) is 81.7 Å². The molecule has 0 spiro atoms. The van der Waals surface area contributed by atoms with E-state index in [4.69, 9.17) is 55.6 Å². The lowest BCUT2D eigenvalue weighted by Gasteiger charge is -2.40. The number of imidazole rings is 2. The lowest BCUT2D eigenvalue weighted by molar-refractivity contribution is -0.120. The number of nitrogens with zero attached hydrogens (tertiary/aromatic N) is 4. The predicted molar refractivity (Wildman–Crippen MR) is 446 cm³/mol. The van der Waals surface area contributed by atoms with Crippen LogP contribution in [0.3, 0.4) is 0 Å². The molecule has 1 amide bonds. The molecule has 5 N–H and O–H groups in total. The van der Waals surface area contributed by atoms with Gasteiger partial charge in [-0.25, -0.2) is 9.97 Å². The Morgan fingerprint density at radius 2 is 0.837 bits per heavy atom. The van der Waals surface area contributed by atoms with Gasteiger partial charge in [-0.2, -0.15) is 0 Å². The van der Waals surface area contributed by atoms with Gasteiger partial charge in [-0.15, -0.1) is 0 Å². The van der Waals surface area contributed by atoms with E-state index >= 15 is 0 Å². The monoisotopic (exact) mass is 1500 g/mol. The number of carbonyl (C=O) groups is 1. The van der Waals surface area contributed by atoms with E-state index in [9.17, 15) is 4.79 Å². The molecule has 14 aromatic rings. The summed E-state index contributed by atoms with van der Waals surface area (Å²) >= 11 is 21.1. The quantitative estimate of drug-likeness (QED) is 0.0171. The van der Waals surface area contributed by atoms with Crippen LogP contribution in [0.4, 0.5) is 4.70 Å². The summed E-state index contributed by atoms with van der Waals surface area (Å²) in [4.78, 5) is 29.8. The highest BCUT2D eigenvalue weighted by Crippen LogP contribution is 3.04. The van der Waals surface area contributed by atoms with Crippen LogP contribution in [0, 0.1) is 0 Å². The van der Waals surface area contributed by atoms with E-state index in [0.717, 1.165) is 88.3 Å². The van der Waals surface area contributed by atoms with Crippen molar-refractivity contribution in [2.45, 2.75) is 63.6 Å². The Hall–Kier alpha value is -9.25. The Morgan fingerprint density at radius 1 is 0.490 bits per heavy atom. The Morgan fingerprint density at radius 3 is 1.21 bits per heavy atom. The number of aliphatic hydroxyl groups excluding tert-OH is 1. The van der Waals surface area contributed by atoms with Crippen molar-refractivity contribution in [3.05, 3.63) is 378 Å². The largest absolute Gasteiger partial charge is 0.497 e. The number of ether oxygens (including phenoxy) is 1. The molecule has 0 bridgehead atoms. The number of aliphatic hydroxyl groups is 1. The number of aryl methyl sites for hydroxylation is 2. The molecule has 0 unspecified atom stereocenters. The normalized spacial score (nSPS) is 14.6. The molecule has 1 aliphatic rings. The number of para-hydroxylation sites is 2. The van der Waals surface area contributed by atoms with Crippen molar-refractivity contribution in [1.29, 1.82) is 0 Å². The summed E-state index contributed by atoms with van der Waals surface area (Å²) in [5, 5.41) is 20.4. The fraction of sp³-hybridized carbons (Fsp3) is 0.153. The number of hydrogen-bond acceptors (Lipinski definition) is 10. The Labute approximate surface area is 631 Å². The molecular weight excluding hydrogens is 1420 g/mol. The number of methoxy groups -OCH3 is 1. The van der Waals surface area contributed by atoms with Crippen molar-refractivity contribution in [3.63, 3.8) is 0 Å². The van der Waals surface area contributed by atoms with Gasteiger partial charge in [0.25, 0.3) is 0 Å². The first-order valence-electron chi connectivity index (χ1n) is 34.0. The number of nitrogens with one attached hydrogen (secondary N) is 4. The number of halogens is 1. The van der Waals surface area contributed by atoms with Gasteiger partial charge in [-0.1, -0.05) is 308 Å². The third kappa shape index (κ3) is 16.9. The van der Waals surface area contributed by atoms with E-state index in [0.29, 0.717) is 13.0 Å². The molecule has 10 aromatic carbocycles. The number of carbonyl (C=O) groups excluding carboxylic acids is 1. The summed E-state index contributed by atoms with van der Waals surface area (Å²) in [5.74, 6) is 0.881.